The molecular weight excluding hydrogens is 296 g/mol. The molecule has 0 spiro atoms. The Kier molecular flexibility index (Phi) is 3.31. The number of nitrogen functional groups attached to an aromatic ring is 1. The Labute approximate surface area is 140 Å². The van der Waals surface area contributed by atoms with E-state index in [1.165, 1.54) is 5.56 Å². The zero-order chi connectivity index (χ0) is 16.7. The molecule has 2 heterocycles. The van der Waals surface area contributed by atoms with E-state index in [-0.39, 0.29) is 0 Å². The Morgan fingerprint density at radius 3 is 2.54 bits per heavy atom. The van der Waals surface area contributed by atoms with Crippen molar-refractivity contribution in [3.63, 3.8) is 0 Å². The lowest BCUT2D eigenvalue weighted by Crippen LogP contribution is -2.01. The van der Waals surface area contributed by atoms with E-state index in [0.717, 1.165) is 39.2 Å². The van der Waals surface area contributed by atoms with E-state index >= 15 is 0 Å². The molecule has 24 heavy (non-hydrogen) atoms. The Bertz CT molecular complexity index is 1030. The summed E-state index contributed by atoms with van der Waals surface area (Å²) in [5, 5.41) is 5.62. The number of fused-ring (bicyclic) bond motifs is 1. The maximum atomic E-state index is 5.92. The third-order valence-corrected chi connectivity index (χ3v) is 4.09. The third-order valence-electron chi connectivity index (χ3n) is 4.09. The number of rotatable bonds is 2. The van der Waals surface area contributed by atoms with Gasteiger partial charge in [0.05, 0.1) is 11.7 Å². The van der Waals surface area contributed by atoms with Crippen LogP contribution in [-0.4, -0.2) is 14.8 Å². The van der Waals surface area contributed by atoms with E-state index in [1.807, 2.05) is 42.1 Å². The Morgan fingerprint density at radius 2 is 1.75 bits per heavy atom. The van der Waals surface area contributed by atoms with Gasteiger partial charge in [-0.15, -0.1) is 0 Å². The summed E-state index contributed by atoms with van der Waals surface area (Å²) in [6, 6.07) is 18.3. The molecule has 0 aliphatic rings. The summed E-state index contributed by atoms with van der Waals surface area (Å²) in [6.07, 6.45) is 1.87. The normalized spacial score (nSPS) is 11.1. The maximum Gasteiger partial charge on any atom is 0.154 e. The van der Waals surface area contributed by atoms with E-state index in [2.05, 4.69) is 47.3 Å². The van der Waals surface area contributed by atoms with Gasteiger partial charge in [0, 0.05) is 16.8 Å². The number of benzene rings is 2. The summed E-state index contributed by atoms with van der Waals surface area (Å²) in [5.74, 6) is 0.840. The number of hydrogen-bond donors (Lipinski definition) is 1. The molecule has 4 heteroatoms. The summed E-state index contributed by atoms with van der Waals surface area (Å²) in [7, 11) is 0. The van der Waals surface area contributed by atoms with Gasteiger partial charge in [0.2, 0.25) is 0 Å². The summed E-state index contributed by atoms with van der Waals surface area (Å²) in [5.41, 5.74) is 12.1. The average molecular weight is 314 g/mol. The molecule has 0 saturated heterocycles. The minimum Gasteiger partial charge on any atom is -0.399 e. The van der Waals surface area contributed by atoms with Crippen molar-refractivity contribution < 1.29 is 0 Å². The van der Waals surface area contributed by atoms with E-state index in [4.69, 9.17) is 5.73 Å². The molecule has 0 saturated carbocycles. The number of nitrogens with two attached hydrogens (primary N) is 1. The van der Waals surface area contributed by atoms with E-state index in [9.17, 15) is 0 Å². The summed E-state index contributed by atoms with van der Waals surface area (Å²) in [6.45, 7) is 4.07. The van der Waals surface area contributed by atoms with Crippen LogP contribution in [0.4, 0.5) is 5.69 Å². The molecule has 0 radical (unpaired) electrons. The second kappa shape index (κ2) is 5.49. The van der Waals surface area contributed by atoms with Gasteiger partial charge < -0.3 is 5.73 Å². The van der Waals surface area contributed by atoms with Gasteiger partial charge in [0.25, 0.3) is 0 Å². The largest absolute Gasteiger partial charge is 0.399 e. The van der Waals surface area contributed by atoms with Gasteiger partial charge in [0.1, 0.15) is 0 Å². The summed E-state index contributed by atoms with van der Waals surface area (Å²) >= 11 is 0. The predicted octanol–water partition coefficient (Wildman–Crippen LogP) is 4.29. The minimum absolute atomic E-state index is 0.761. The molecule has 4 nitrogen and oxygen atoms in total. The Morgan fingerprint density at radius 1 is 0.917 bits per heavy atom. The second-order valence-corrected chi connectivity index (χ2v) is 6.10. The van der Waals surface area contributed by atoms with Crippen molar-refractivity contribution in [1.29, 1.82) is 0 Å². The van der Waals surface area contributed by atoms with E-state index < -0.39 is 0 Å². The highest BCUT2D eigenvalue weighted by Crippen LogP contribution is 2.27. The first-order chi connectivity index (χ1) is 11.6. The van der Waals surface area contributed by atoms with Crippen LogP contribution in [0.5, 0.6) is 0 Å². The van der Waals surface area contributed by atoms with Crippen LogP contribution in [0.1, 0.15) is 11.3 Å². The smallest absolute Gasteiger partial charge is 0.154 e. The van der Waals surface area contributed by atoms with Gasteiger partial charge in [0.15, 0.2) is 5.82 Å². The number of pyridine rings is 1. The highest BCUT2D eigenvalue weighted by molar-refractivity contribution is 5.85. The van der Waals surface area contributed by atoms with Crippen molar-refractivity contribution in [2.75, 3.05) is 5.73 Å². The first-order valence-corrected chi connectivity index (χ1v) is 7.89. The topological polar surface area (TPSA) is 56.7 Å². The van der Waals surface area contributed by atoms with Gasteiger partial charge in [-0.2, -0.15) is 5.10 Å². The van der Waals surface area contributed by atoms with Crippen LogP contribution in [0.15, 0.2) is 60.8 Å². The van der Waals surface area contributed by atoms with Gasteiger partial charge in [-0.1, -0.05) is 24.3 Å². The molecule has 0 amide bonds. The molecule has 4 aromatic rings. The van der Waals surface area contributed by atoms with Crippen molar-refractivity contribution in [2.45, 2.75) is 13.8 Å². The molecule has 0 aliphatic carbocycles. The third kappa shape index (κ3) is 2.52. The quantitative estimate of drug-likeness (QED) is 0.562. The van der Waals surface area contributed by atoms with Crippen molar-refractivity contribution in [2.24, 2.45) is 0 Å². The Hall–Kier alpha value is -3.14. The first-order valence-electron chi connectivity index (χ1n) is 7.89. The minimum atomic E-state index is 0.761. The fourth-order valence-electron chi connectivity index (χ4n) is 3.03. The number of anilines is 1. The van der Waals surface area contributed by atoms with Crippen LogP contribution in [0.2, 0.25) is 0 Å². The molecule has 2 N–H and O–H groups in total. The number of aromatic nitrogens is 3. The lowest BCUT2D eigenvalue weighted by atomic mass is 10.0. The molecule has 118 valence electrons. The van der Waals surface area contributed by atoms with Crippen LogP contribution in [0, 0.1) is 13.8 Å². The lowest BCUT2D eigenvalue weighted by Gasteiger charge is -2.07. The second-order valence-electron chi connectivity index (χ2n) is 6.10. The summed E-state index contributed by atoms with van der Waals surface area (Å²) < 4.78 is 1.89. The molecule has 2 aromatic carbocycles. The SMILES string of the molecule is Cc1cc(C)nc(-n2ncc3ccc(-c4cccc(N)c4)cc32)c1. The molecule has 2 aromatic heterocycles. The van der Waals surface area contributed by atoms with Crippen molar-refractivity contribution in [1.82, 2.24) is 14.8 Å². The predicted molar refractivity (Wildman–Crippen MR) is 98.2 cm³/mol. The monoisotopic (exact) mass is 314 g/mol. The molecule has 0 bridgehead atoms. The van der Waals surface area contributed by atoms with Crippen LogP contribution in [0.3, 0.4) is 0 Å². The standard InChI is InChI=1S/C20H18N4/c1-13-8-14(2)23-20(9-13)24-19-11-16(6-7-17(19)12-22-24)15-4-3-5-18(21)10-15/h3-12H,21H2,1-2H3. The summed E-state index contributed by atoms with van der Waals surface area (Å²) in [4.78, 5) is 4.62. The number of aryl methyl sites for hydroxylation is 2. The molecule has 0 atom stereocenters. The zero-order valence-corrected chi connectivity index (χ0v) is 13.7. The number of nitrogens with zero attached hydrogens (tertiary/aromatic N) is 3. The maximum absolute atomic E-state index is 5.92. The van der Waals surface area contributed by atoms with E-state index in [1.54, 1.807) is 0 Å². The van der Waals surface area contributed by atoms with Crippen LogP contribution < -0.4 is 5.73 Å². The Balaban J connectivity index is 1.90. The molecule has 0 fully saturated rings. The van der Waals surface area contributed by atoms with Crippen LogP contribution >= 0.6 is 0 Å². The van der Waals surface area contributed by atoms with Crippen LogP contribution in [-0.2, 0) is 0 Å². The van der Waals surface area contributed by atoms with Gasteiger partial charge in [-0.3, -0.25) is 0 Å². The van der Waals surface area contributed by atoms with Crippen molar-refractivity contribution in [3.05, 3.63) is 72.1 Å². The van der Waals surface area contributed by atoms with E-state index in [0.29, 0.717) is 0 Å². The van der Waals surface area contributed by atoms with Crippen LogP contribution in [0.25, 0.3) is 27.8 Å². The van der Waals surface area contributed by atoms with Gasteiger partial charge >= 0.3 is 0 Å². The van der Waals surface area contributed by atoms with Gasteiger partial charge in [-0.25, -0.2) is 9.67 Å². The zero-order valence-electron chi connectivity index (χ0n) is 13.7. The fraction of sp³-hybridized carbons (Fsp3) is 0.100. The molecule has 0 aliphatic heterocycles. The first kappa shape index (κ1) is 14.5. The highest BCUT2D eigenvalue weighted by Gasteiger charge is 2.09. The highest BCUT2D eigenvalue weighted by atomic mass is 15.3. The fourth-order valence-corrected chi connectivity index (χ4v) is 3.03. The lowest BCUT2D eigenvalue weighted by molar-refractivity contribution is 0.865. The van der Waals surface area contributed by atoms with Crippen molar-refractivity contribution >= 4 is 16.6 Å². The average Bonchev–Trinajstić information content (AvgIpc) is 2.97. The molecule has 0 unspecified atom stereocenters. The number of hydrogen-bond acceptors (Lipinski definition) is 3. The van der Waals surface area contributed by atoms with Gasteiger partial charge in [-0.05, 0) is 60.9 Å². The molecular formula is C20H18N4. The molecule has 4 rings (SSSR count). The van der Waals surface area contributed by atoms with Crippen molar-refractivity contribution in [3.8, 4) is 16.9 Å².